The second kappa shape index (κ2) is 16.4. The SMILES string of the molecule is CC(C)C(=O)Nc1nc2c(ncn2[C@@H]2O[C@H](CO)[C@@H](O)[C@H]2N=[N+]=[N-])c(=O)[nH]1.CC[C@H]1O[C@@H](n2cnc3c(=O)[nH]c(NC(=O)C(C)C)nc32)[C@H](N=[N+]=[N-])[C@@H]1O. The number of hydrogen-bond donors (Lipinski definition) is 7. The number of aliphatic hydroxyl groups excluding tert-OH is 3. The van der Waals surface area contributed by atoms with E-state index in [-0.39, 0.29) is 57.9 Å². The summed E-state index contributed by atoms with van der Waals surface area (Å²) in [7, 11) is 0. The topological polar surface area (TPSA) is 362 Å². The van der Waals surface area contributed by atoms with Crippen LogP contribution in [0.2, 0.25) is 0 Å². The van der Waals surface area contributed by atoms with Crippen LogP contribution in [0.15, 0.2) is 32.5 Å². The molecule has 6 heterocycles. The first-order valence-corrected chi connectivity index (χ1v) is 16.7. The normalized spacial score (nSPS) is 24.9. The predicted molar refractivity (Wildman–Crippen MR) is 186 cm³/mol. The number of carbonyl (C=O) groups is 2. The van der Waals surface area contributed by atoms with Crippen LogP contribution in [0.25, 0.3) is 43.2 Å². The number of rotatable bonds is 10. The Bertz CT molecular complexity index is 2080. The smallest absolute Gasteiger partial charge is 0.280 e. The van der Waals surface area contributed by atoms with E-state index in [4.69, 9.17) is 20.5 Å². The number of nitrogens with one attached hydrogen (secondary N) is 4. The van der Waals surface area contributed by atoms with Crippen LogP contribution in [0.1, 0.15) is 53.5 Å². The number of carbonyl (C=O) groups excluding carboxylic acids is 2. The average molecular weight is 755 g/mol. The highest BCUT2D eigenvalue weighted by molar-refractivity contribution is 5.91. The number of aromatic nitrogens is 8. The fourth-order valence-corrected chi connectivity index (χ4v) is 5.64. The van der Waals surface area contributed by atoms with Crippen molar-refractivity contribution < 1.29 is 34.4 Å². The van der Waals surface area contributed by atoms with E-state index >= 15 is 0 Å². The lowest BCUT2D eigenvalue weighted by atomic mass is 10.1. The fourth-order valence-electron chi connectivity index (χ4n) is 5.64. The van der Waals surface area contributed by atoms with Crippen molar-refractivity contribution in [3.8, 4) is 0 Å². The number of nitrogens with zero attached hydrogens (tertiary/aromatic N) is 12. The first kappa shape index (κ1) is 39.3. The van der Waals surface area contributed by atoms with Crippen LogP contribution in [0.3, 0.4) is 0 Å². The lowest BCUT2D eigenvalue weighted by molar-refractivity contribution is -0.119. The zero-order chi connectivity index (χ0) is 39.4. The Labute approximate surface area is 303 Å². The number of fused-ring (bicyclic) bond motifs is 2. The van der Waals surface area contributed by atoms with E-state index in [0.29, 0.717) is 6.42 Å². The highest BCUT2D eigenvalue weighted by Crippen LogP contribution is 2.35. The van der Waals surface area contributed by atoms with Crippen molar-refractivity contribution in [2.45, 2.75) is 90.0 Å². The first-order valence-electron chi connectivity index (χ1n) is 16.7. The van der Waals surface area contributed by atoms with Crippen LogP contribution < -0.4 is 21.8 Å². The molecule has 2 aliphatic heterocycles. The van der Waals surface area contributed by atoms with Gasteiger partial charge in [-0.15, -0.1) is 0 Å². The number of aromatic amines is 2. The minimum Gasteiger partial charge on any atom is -0.394 e. The number of ether oxygens (including phenoxy) is 2. The van der Waals surface area contributed by atoms with E-state index in [9.17, 15) is 34.5 Å². The predicted octanol–water partition coefficient (Wildman–Crippen LogP) is 0.705. The molecule has 2 aliphatic rings. The fraction of sp³-hybridized carbons (Fsp3) is 0.586. The minimum atomic E-state index is -1.25. The Kier molecular flexibility index (Phi) is 11.9. The number of anilines is 2. The van der Waals surface area contributed by atoms with Gasteiger partial charge in [-0.05, 0) is 17.5 Å². The van der Waals surface area contributed by atoms with Gasteiger partial charge in [0.2, 0.25) is 23.7 Å². The van der Waals surface area contributed by atoms with Gasteiger partial charge in [0.25, 0.3) is 11.1 Å². The third kappa shape index (κ3) is 7.72. The summed E-state index contributed by atoms with van der Waals surface area (Å²) < 4.78 is 14.1. The van der Waals surface area contributed by atoms with Gasteiger partial charge in [0.1, 0.15) is 30.6 Å². The van der Waals surface area contributed by atoms with Crippen molar-refractivity contribution in [3.63, 3.8) is 0 Å². The Morgan fingerprint density at radius 1 is 0.833 bits per heavy atom. The molecule has 0 aromatic carbocycles. The van der Waals surface area contributed by atoms with Crippen molar-refractivity contribution in [2.24, 2.45) is 22.1 Å². The van der Waals surface area contributed by atoms with Gasteiger partial charge in [-0.1, -0.05) is 44.8 Å². The van der Waals surface area contributed by atoms with Crippen molar-refractivity contribution in [3.05, 3.63) is 54.2 Å². The number of azide groups is 2. The van der Waals surface area contributed by atoms with Crippen LogP contribution in [0.5, 0.6) is 0 Å². The highest BCUT2D eigenvalue weighted by atomic mass is 16.5. The monoisotopic (exact) mass is 754 g/mol. The number of imidazole rings is 2. The van der Waals surface area contributed by atoms with Crippen molar-refractivity contribution in [1.82, 2.24) is 39.0 Å². The van der Waals surface area contributed by atoms with Gasteiger partial charge in [0.05, 0.1) is 37.6 Å². The van der Waals surface area contributed by atoms with Gasteiger partial charge < -0.3 is 24.8 Å². The second-order valence-corrected chi connectivity index (χ2v) is 12.9. The Morgan fingerprint density at radius 3 is 1.61 bits per heavy atom. The maximum Gasteiger partial charge on any atom is 0.280 e. The van der Waals surface area contributed by atoms with E-state index < -0.39 is 66.7 Å². The minimum absolute atomic E-state index is 0.0252. The Balaban J connectivity index is 0.000000208. The quantitative estimate of drug-likeness (QED) is 0.0667. The largest absolute Gasteiger partial charge is 0.394 e. The molecule has 0 spiro atoms. The van der Waals surface area contributed by atoms with Gasteiger partial charge in [-0.25, -0.2) is 9.97 Å². The number of aliphatic hydroxyl groups is 3. The second-order valence-electron chi connectivity index (χ2n) is 12.9. The van der Waals surface area contributed by atoms with Crippen LogP contribution >= 0.6 is 0 Å². The lowest BCUT2D eigenvalue weighted by Crippen LogP contribution is -2.31. The molecule has 0 bridgehead atoms. The molecule has 0 aliphatic carbocycles. The summed E-state index contributed by atoms with van der Waals surface area (Å²) in [6, 6.07) is -1.98. The zero-order valence-electron chi connectivity index (χ0n) is 29.5. The number of hydrogen-bond acceptors (Lipinski definition) is 15. The summed E-state index contributed by atoms with van der Waals surface area (Å²) in [5, 5.41) is 42.0. The average Bonchev–Trinajstić information content (AvgIpc) is 3.90. The third-order valence-corrected chi connectivity index (χ3v) is 8.57. The van der Waals surface area contributed by atoms with Crippen LogP contribution in [0.4, 0.5) is 11.9 Å². The van der Waals surface area contributed by atoms with Gasteiger partial charge >= 0.3 is 0 Å². The van der Waals surface area contributed by atoms with E-state index in [2.05, 4.69) is 60.6 Å². The van der Waals surface area contributed by atoms with Gasteiger partial charge in [0.15, 0.2) is 22.3 Å². The number of amides is 2. The number of H-pyrrole nitrogens is 2. The van der Waals surface area contributed by atoms with Gasteiger partial charge in [-0.2, -0.15) is 9.97 Å². The van der Waals surface area contributed by atoms with Crippen molar-refractivity contribution >= 4 is 46.0 Å². The van der Waals surface area contributed by atoms with E-state index in [1.54, 1.807) is 27.7 Å². The molecule has 4 aromatic heterocycles. The molecule has 8 atom stereocenters. The molecule has 0 radical (unpaired) electrons. The standard InChI is InChI=1S/C15H20N8O4.C14H18N8O5/c1-4-7-10(24)8(21-22-16)14(27-7)23-5-17-9-11(23)18-15(20-13(9)26)19-12(25)6(2)3;1-5(2)11(25)18-14-17-10-8(12(26)19-14)16-4-22(10)13-7(20-21-15)9(24)6(3-23)27-13/h5-8,10,14,24H,4H2,1-3H3,(H2,18,19,20,25,26);4-7,9,13,23-24H,3H2,1-2H3,(H2,17,18,19,25,26)/t7-,8-,10-,14-;6-,7-,9-,13-/m11/s1. The molecular weight excluding hydrogens is 716 g/mol. The summed E-state index contributed by atoms with van der Waals surface area (Å²) >= 11 is 0. The molecule has 4 aromatic rings. The summed E-state index contributed by atoms with van der Waals surface area (Å²) in [6.07, 6.45) is -2.62. The third-order valence-electron chi connectivity index (χ3n) is 8.57. The molecule has 6 rings (SSSR count). The molecule has 7 N–H and O–H groups in total. The van der Waals surface area contributed by atoms with E-state index in [0.717, 1.165) is 0 Å². The Hall–Kier alpha value is -5.94. The van der Waals surface area contributed by atoms with Crippen molar-refractivity contribution in [2.75, 3.05) is 17.2 Å². The van der Waals surface area contributed by atoms with E-state index in [1.165, 1.54) is 21.8 Å². The van der Waals surface area contributed by atoms with Gasteiger partial charge in [0, 0.05) is 21.7 Å². The molecule has 2 amide bonds. The zero-order valence-corrected chi connectivity index (χ0v) is 29.5. The molecule has 25 heteroatoms. The Morgan fingerprint density at radius 2 is 1.24 bits per heavy atom. The molecule has 2 saturated heterocycles. The summed E-state index contributed by atoms with van der Waals surface area (Å²) in [5.74, 6) is -1.39. The van der Waals surface area contributed by atoms with Crippen molar-refractivity contribution in [1.29, 1.82) is 0 Å². The maximum absolute atomic E-state index is 12.3. The molecular formula is C29H38N16O9. The van der Waals surface area contributed by atoms with E-state index in [1.807, 2.05) is 6.92 Å². The summed E-state index contributed by atoms with van der Waals surface area (Å²) in [5.41, 5.74) is 16.7. The maximum atomic E-state index is 12.3. The van der Waals surface area contributed by atoms with Crippen LogP contribution in [-0.4, -0.2) is 109 Å². The highest BCUT2D eigenvalue weighted by Gasteiger charge is 2.45. The first-order chi connectivity index (χ1) is 25.7. The summed E-state index contributed by atoms with van der Waals surface area (Å²) in [4.78, 5) is 75.1. The molecule has 25 nitrogen and oxygen atoms in total. The molecule has 2 fully saturated rings. The molecule has 288 valence electrons. The molecule has 54 heavy (non-hydrogen) atoms. The molecule has 0 unspecified atom stereocenters. The summed E-state index contributed by atoms with van der Waals surface area (Å²) in [6.45, 7) is 8.12. The molecule has 0 saturated carbocycles. The van der Waals surface area contributed by atoms with Crippen LogP contribution in [0, 0.1) is 11.8 Å². The van der Waals surface area contributed by atoms with Crippen LogP contribution in [-0.2, 0) is 19.1 Å². The van der Waals surface area contributed by atoms with Gasteiger partial charge in [-0.3, -0.25) is 48.9 Å². The lowest BCUT2D eigenvalue weighted by Gasteiger charge is -2.17.